The maximum Gasteiger partial charge on any atom is 0.137 e. The Kier molecular flexibility index (Phi) is 4.27. The molecule has 2 heterocycles. The fourth-order valence-electron chi connectivity index (χ4n) is 3.21. The summed E-state index contributed by atoms with van der Waals surface area (Å²) in [4.78, 5) is 4.60. The Morgan fingerprint density at radius 1 is 0.846 bits per heavy atom. The highest BCUT2D eigenvalue weighted by Gasteiger charge is 2.16. The van der Waals surface area contributed by atoms with Crippen molar-refractivity contribution in [1.82, 2.24) is 9.55 Å². The molecule has 4 aromatic rings. The SMILES string of the molecule is CC(C)=C=C(c1ccccc1)c1cc2ccccc2n1-c1ccccn1. The maximum atomic E-state index is 4.60. The molecule has 0 unspecified atom stereocenters. The molecule has 2 aromatic carbocycles. The molecule has 0 aliphatic rings. The predicted octanol–water partition coefficient (Wildman–Crippen LogP) is 6.02. The molecular weight excluding hydrogens is 316 g/mol. The number of rotatable bonds is 3. The van der Waals surface area contributed by atoms with Crippen molar-refractivity contribution in [3.8, 4) is 5.82 Å². The minimum Gasteiger partial charge on any atom is -0.293 e. The first-order valence-electron chi connectivity index (χ1n) is 8.76. The van der Waals surface area contributed by atoms with Crippen LogP contribution < -0.4 is 0 Å². The van der Waals surface area contributed by atoms with Gasteiger partial charge in [-0.3, -0.25) is 4.57 Å². The van der Waals surface area contributed by atoms with E-state index in [0.29, 0.717) is 0 Å². The molecule has 0 atom stereocenters. The van der Waals surface area contributed by atoms with E-state index in [1.165, 1.54) is 5.39 Å². The lowest BCUT2D eigenvalue weighted by Gasteiger charge is -2.12. The lowest BCUT2D eigenvalue weighted by molar-refractivity contribution is 1.02. The number of aromatic nitrogens is 2. The van der Waals surface area contributed by atoms with Crippen LogP contribution in [0.2, 0.25) is 0 Å². The summed E-state index contributed by atoms with van der Waals surface area (Å²) in [6.07, 6.45) is 1.83. The van der Waals surface area contributed by atoms with Crippen molar-refractivity contribution in [2.45, 2.75) is 13.8 Å². The number of hydrogen-bond donors (Lipinski definition) is 0. The Morgan fingerprint density at radius 3 is 2.31 bits per heavy atom. The van der Waals surface area contributed by atoms with Crippen molar-refractivity contribution in [2.24, 2.45) is 0 Å². The molecule has 0 saturated heterocycles. The van der Waals surface area contributed by atoms with Crippen molar-refractivity contribution < 1.29 is 0 Å². The minimum absolute atomic E-state index is 0.910. The Morgan fingerprint density at radius 2 is 1.58 bits per heavy atom. The van der Waals surface area contributed by atoms with Gasteiger partial charge in [0.25, 0.3) is 0 Å². The van der Waals surface area contributed by atoms with Gasteiger partial charge in [0.05, 0.1) is 11.2 Å². The van der Waals surface area contributed by atoms with E-state index in [2.05, 4.69) is 83.7 Å². The normalized spacial score (nSPS) is 10.5. The minimum atomic E-state index is 0.910. The second kappa shape index (κ2) is 6.87. The summed E-state index contributed by atoms with van der Waals surface area (Å²) < 4.78 is 2.22. The third kappa shape index (κ3) is 2.99. The van der Waals surface area contributed by atoms with Gasteiger partial charge in [-0.05, 0) is 49.2 Å². The summed E-state index contributed by atoms with van der Waals surface area (Å²) in [6.45, 7) is 4.16. The molecule has 0 N–H and O–H groups in total. The quantitative estimate of drug-likeness (QED) is 0.418. The molecular formula is C24H20N2. The molecule has 2 aromatic heterocycles. The highest BCUT2D eigenvalue weighted by Crippen LogP contribution is 2.31. The van der Waals surface area contributed by atoms with Crippen LogP contribution in [0.25, 0.3) is 22.3 Å². The van der Waals surface area contributed by atoms with Gasteiger partial charge in [0.15, 0.2) is 0 Å². The zero-order valence-corrected chi connectivity index (χ0v) is 15.0. The summed E-state index contributed by atoms with van der Waals surface area (Å²) >= 11 is 0. The van der Waals surface area contributed by atoms with Crippen LogP contribution in [0.4, 0.5) is 0 Å². The van der Waals surface area contributed by atoms with E-state index in [1.807, 2.05) is 30.5 Å². The summed E-state index contributed by atoms with van der Waals surface area (Å²) in [6, 6.07) is 27.1. The number of benzene rings is 2. The summed E-state index contributed by atoms with van der Waals surface area (Å²) in [5, 5.41) is 1.19. The smallest absolute Gasteiger partial charge is 0.137 e. The van der Waals surface area contributed by atoms with Gasteiger partial charge in [0.1, 0.15) is 5.82 Å². The standard InChI is InChI=1S/C24H20N2/c1-18(2)16-21(19-10-4-3-5-11-19)23-17-20-12-6-7-13-22(20)26(23)24-14-8-9-15-25-24/h3-15,17H,1-2H3. The highest BCUT2D eigenvalue weighted by molar-refractivity contribution is 5.91. The largest absolute Gasteiger partial charge is 0.293 e. The number of nitrogens with zero attached hydrogens (tertiary/aromatic N) is 2. The number of fused-ring (bicyclic) bond motifs is 1. The topological polar surface area (TPSA) is 17.8 Å². The Bertz CT molecular complexity index is 1110. The average molecular weight is 336 g/mol. The second-order valence-electron chi connectivity index (χ2n) is 6.48. The Hall–Kier alpha value is -3.35. The lowest BCUT2D eigenvalue weighted by Crippen LogP contribution is -2.02. The molecule has 126 valence electrons. The monoisotopic (exact) mass is 336 g/mol. The van der Waals surface area contributed by atoms with Crippen LogP contribution in [-0.4, -0.2) is 9.55 Å². The van der Waals surface area contributed by atoms with Gasteiger partial charge in [-0.2, -0.15) is 0 Å². The fraction of sp³-hybridized carbons (Fsp3) is 0.0833. The highest BCUT2D eigenvalue weighted by atomic mass is 15.1. The number of para-hydroxylation sites is 1. The van der Waals surface area contributed by atoms with Crippen molar-refractivity contribution in [3.05, 3.63) is 108 Å². The Balaban J connectivity index is 2.09. The maximum absolute atomic E-state index is 4.60. The number of pyridine rings is 1. The van der Waals surface area contributed by atoms with Gasteiger partial charge < -0.3 is 0 Å². The molecule has 0 fully saturated rings. The van der Waals surface area contributed by atoms with Gasteiger partial charge in [0.2, 0.25) is 0 Å². The van der Waals surface area contributed by atoms with Gasteiger partial charge in [-0.15, -0.1) is 5.73 Å². The Labute approximate surface area is 153 Å². The van der Waals surface area contributed by atoms with Crippen LogP contribution in [0.3, 0.4) is 0 Å². The van der Waals surface area contributed by atoms with Gasteiger partial charge in [-0.1, -0.05) is 54.6 Å². The molecule has 2 heteroatoms. The van der Waals surface area contributed by atoms with E-state index in [0.717, 1.165) is 33.7 Å². The molecule has 2 nitrogen and oxygen atoms in total. The predicted molar refractivity (Wildman–Crippen MR) is 108 cm³/mol. The average Bonchev–Trinajstić information content (AvgIpc) is 3.06. The van der Waals surface area contributed by atoms with Crippen LogP contribution in [0.15, 0.2) is 96.4 Å². The van der Waals surface area contributed by atoms with E-state index in [9.17, 15) is 0 Å². The summed E-state index contributed by atoms with van der Waals surface area (Å²) in [5.41, 5.74) is 9.17. The molecule has 4 rings (SSSR count). The molecule has 0 amide bonds. The molecule has 0 aliphatic carbocycles. The second-order valence-corrected chi connectivity index (χ2v) is 6.48. The van der Waals surface area contributed by atoms with Crippen LogP contribution in [0.5, 0.6) is 0 Å². The van der Waals surface area contributed by atoms with Crippen molar-refractivity contribution in [3.63, 3.8) is 0 Å². The first kappa shape index (κ1) is 16.1. The molecule has 26 heavy (non-hydrogen) atoms. The van der Waals surface area contributed by atoms with Crippen molar-refractivity contribution >= 4 is 16.5 Å². The molecule has 0 radical (unpaired) electrons. The first-order chi connectivity index (χ1) is 12.7. The third-order valence-electron chi connectivity index (χ3n) is 4.28. The van der Waals surface area contributed by atoms with E-state index in [4.69, 9.17) is 0 Å². The van der Waals surface area contributed by atoms with Crippen molar-refractivity contribution in [2.75, 3.05) is 0 Å². The number of hydrogen-bond acceptors (Lipinski definition) is 1. The molecule has 0 aliphatic heterocycles. The fourth-order valence-corrected chi connectivity index (χ4v) is 3.21. The van der Waals surface area contributed by atoms with Gasteiger partial charge >= 0.3 is 0 Å². The molecule has 0 saturated carbocycles. The zero-order valence-electron chi connectivity index (χ0n) is 15.0. The van der Waals surface area contributed by atoms with Crippen LogP contribution in [0.1, 0.15) is 25.1 Å². The van der Waals surface area contributed by atoms with Gasteiger partial charge in [0, 0.05) is 17.2 Å². The molecule has 0 bridgehead atoms. The van der Waals surface area contributed by atoms with Crippen LogP contribution in [-0.2, 0) is 0 Å². The summed E-state index contributed by atoms with van der Waals surface area (Å²) in [5.74, 6) is 0.910. The lowest BCUT2D eigenvalue weighted by atomic mass is 10.0. The van der Waals surface area contributed by atoms with E-state index in [-0.39, 0.29) is 0 Å². The van der Waals surface area contributed by atoms with Crippen LogP contribution >= 0.6 is 0 Å². The van der Waals surface area contributed by atoms with Crippen LogP contribution in [0, 0.1) is 0 Å². The van der Waals surface area contributed by atoms with Crippen molar-refractivity contribution in [1.29, 1.82) is 0 Å². The zero-order chi connectivity index (χ0) is 17.9. The van der Waals surface area contributed by atoms with Gasteiger partial charge in [-0.25, -0.2) is 4.98 Å². The van der Waals surface area contributed by atoms with E-state index in [1.54, 1.807) is 0 Å². The van der Waals surface area contributed by atoms with E-state index >= 15 is 0 Å². The van der Waals surface area contributed by atoms with E-state index < -0.39 is 0 Å². The first-order valence-corrected chi connectivity index (χ1v) is 8.76. The summed E-state index contributed by atoms with van der Waals surface area (Å²) in [7, 11) is 0. The third-order valence-corrected chi connectivity index (χ3v) is 4.28. The number of allylic oxidation sites excluding steroid dienone is 1. The molecule has 0 spiro atoms.